The monoisotopic (exact) mass is 340 g/mol. The molecule has 1 aromatic carbocycles. The third-order valence-electron chi connectivity index (χ3n) is 3.88. The number of carbonyl (C=O) groups is 1. The molecule has 1 aromatic heterocycles. The summed E-state index contributed by atoms with van der Waals surface area (Å²) in [7, 11) is 0. The van der Waals surface area contributed by atoms with Gasteiger partial charge in [-0.25, -0.2) is 4.79 Å². The van der Waals surface area contributed by atoms with Crippen LogP contribution in [-0.2, 0) is 6.18 Å². The van der Waals surface area contributed by atoms with E-state index in [1.54, 1.807) is 4.90 Å². The first-order valence-corrected chi connectivity index (χ1v) is 8.19. The number of benzene rings is 1. The first-order valence-electron chi connectivity index (χ1n) is 7.25. The van der Waals surface area contributed by atoms with Crippen molar-refractivity contribution in [2.24, 2.45) is 0 Å². The highest BCUT2D eigenvalue weighted by atomic mass is 32.1. The van der Waals surface area contributed by atoms with Crippen LogP contribution in [0.5, 0.6) is 0 Å². The predicted molar refractivity (Wildman–Crippen MR) is 84.9 cm³/mol. The molecule has 0 saturated heterocycles. The molecule has 1 aliphatic carbocycles. The van der Waals surface area contributed by atoms with Gasteiger partial charge < -0.3 is 5.32 Å². The number of anilines is 2. The fourth-order valence-corrected chi connectivity index (χ4v) is 3.12. The standard InChI is InChI=1S/C16H15F3N2OS/c17-16(18,19)11-3-1-4-12(9-11)20-15(22)21(13-5-2-6-13)14-7-8-23-10-14/h1,3-4,7-10,13H,2,5-6H2,(H,20,22). The van der Waals surface area contributed by atoms with Gasteiger partial charge in [-0.1, -0.05) is 6.07 Å². The largest absolute Gasteiger partial charge is 0.416 e. The molecule has 0 spiro atoms. The van der Waals surface area contributed by atoms with Gasteiger partial charge in [0.1, 0.15) is 0 Å². The highest BCUT2D eigenvalue weighted by Crippen LogP contribution is 2.33. The van der Waals surface area contributed by atoms with Crippen molar-refractivity contribution in [1.82, 2.24) is 0 Å². The van der Waals surface area contributed by atoms with Gasteiger partial charge in [0.05, 0.1) is 11.3 Å². The zero-order valence-corrected chi connectivity index (χ0v) is 13.0. The number of nitrogens with one attached hydrogen (secondary N) is 1. The lowest BCUT2D eigenvalue weighted by Gasteiger charge is -2.36. The van der Waals surface area contributed by atoms with Crippen LogP contribution in [0.2, 0.25) is 0 Å². The van der Waals surface area contributed by atoms with E-state index >= 15 is 0 Å². The lowest BCUT2D eigenvalue weighted by Crippen LogP contribution is -2.46. The number of urea groups is 1. The number of rotatable bonds is 3. The number of thiophene rings is 1. The maximum absolute atomic E-state index is 12.8. The first-order chi connectivity index (χ1) is 10.9. The second kappa shape index (κ2) is 6.23. The SMILES string of the molecule is O=C(Nc1cccc(C(F)(F)F)c1)N(c1ccsc1)C1CCC1. The molecule has 122 valence electrons. The Morgan fingerprint density at radius 1 is 1.26 bits per heavy atom. The number of amides is 2. The molecule has 23 heavy (non-hydrogen) atoms. The van der Waals surface area contributed by atoms with Crippen molar-refractivity contribution in [2.45, 2.75) is 31.5 Å². The molecule has 3 nitrogen and oxygen atoms in total. The van der Waals surface area contributed by atoms with E-state index in [2.05, 4.69) is 5.32 Å². The number of nitrogens with zero attached hydrogens (tertiary/aromatic N) is 1. The summed E-state index contributed by atoms with van der Waals surface area (Å²) in [6, 6.07) is 6.23. The molecule has 0 bridgehead atoms. The summed E-state index contributed by atoms with van der Waals surface area (Å²) in [5.41, 5.74) is 0.148. The van der Waals surface area contributed by atoms with Crippen LogP contribution in [0.15, 0.2) is 41.1 Å². The van der Waals surface area contributed by atoms with E-state index in [1.165, 1.54) is 23.5 Å². The molecule has 3 rings (SSSR count). The molecular formula is C16H15F3N2OS. The van der Waals surface area contributed by atoms with Crippen LogP contribution in [0.25, 0.3) is 0 Å². The van der Waals surface area contributed by atoms with E-state index in [0.29, 0.717) is 0 Å². The smallest absolute Gasteiger partial charge is 0.308 e. The minimum absolute atomic E-state index is 0.107. The van der Waals surface area contributed by atoms with Crippen LogP contribution in [0.4, 0.5) is 29.3 Å². The van der Waals surface area contributed by atoms with Gasteiger partial charge >= 0.3 is 12.2 Å². The van der Waals surface area contributed by atoms with Crippen molar-refractivity contribution in [1.29, 1.82) is 0 Å². The van der Waals surface area contributed by atoms with Gasteiger partial charge in [-0.15, -0.1) is 0 Å². The van der Waals surface area contributed by atoms with Gasteiger partial charge in [-0.2, -0.15) is 24.5 Å². The Hall–Kier alpha value is -2.02. The molecule has 2 amide bonds. The molecule has 0 aliphatic heterocycles. The Morgan fingerprint density at radius 3 is 2.61 bits per heavy atom. The summed E-state index contributed by atoms with van der Waals surface area (Å²) in [5, 5.41) is 6.32. The summed E-state index contributed by atoms with van der Waals surface area (Å²) in [5.74, 6) is 0. The second-order valence-electron chi connectivity index (χ2n) is 5.44. The fourth-order valence-electron chi connectivity index (χ4n) is 2.49. The van der Waals surface area contributed by atoms with E-state index in [1.807, 2.05) is 16.8 Å². The third-order valence-corrected chi connectivity index (χ3v) is 4.55. The number of halogens is 3. The van der Waals surface area contributed by atoms with E-state index < -0.39 is 17.8 Å². The lowest BCUT2D eigenvalue weighted by molar-refractivity contribution is -0.137. The summed E-state index contributed by atoms with van der Waals surface area (Å²) in [6.45, 7) is 0. The Balaban J connectivity index is 1.79. The number of carbonyl (C=O) groups excluding carboxylic acids is 1. The van der Waals surface area contributed by atoms with Gasteiger partial charge in [0.2, 0.25) is 0 Å². The molecule has 1 heterocycles. The Bertz CT molecular complexity index is 681. The van der Waals surface area contributed by atoms with E-state index in [4.69, 9.17) is 0 Å². The van der Waals surface area contributed by atoms with Crippen LogP contribution in [-0.4, -0.2) is 12.1 Å². The Labute approximate surface area is 135 Å². The van der Waals surface area contributed by atoms with E-state index in [-0.39, 0.29) is 11.7 Å². The summed E-state index contributed by atoms with van der Waals surface area (Å²) >= 11 is 1.48. The van der Waals surface area contributed by atoms with Gasteiger partial charge in [-0.3, -0.25) is 4.90 Å². The molecular weight excluding hydrogens is 325 g/mol. The highest BCUT2D eigenvalue weighted by Gasteiger charge is 2.32. The molecule has 0 unspecified atom stereocenters. The topological polar surface area (TPSA) is 32.3 Å². The minimum Gasteiger partial charge on any atom is -0.308 e. The van der Waals surface area contributed by atoms with Crippen molar-refractivity contribution in [3.05, 3.63) is 46.7 Å². The molecule has 1 saturated carbocycles. The Morgan fingerprint density at radius 2 is 2.04 bits per heavy atom. The normalized spacial score (nSPS) is 15.1. The average molecular weight is 340 g/mol. The lowest BCUT2D eigenvalue weighted by atomic mass is 9.91. The molecule has 1 fully saturated rings. The fraction of sp³-hybridized carbons (Fsp3) is 0.312. The number of hydrogen-bond acceptors (Lipinski definition) is 2. The molecule has 1 N–H and O–H groups in total. The van der Waals surface area contributed by atoms with Gasteiger partial charge in [0.25, 0.3) is 0 Å². The maximum Gasteiger partial charge on any atom is 0.416 e. The minimum atomic E-state index is -4.43. The quantitative estimate of drug-likeness (QED) is 0.802. The van der Waals surface area contributed by atoms with Crippen LogP contribution < -0.4 is 10.2 Å². The summed E-state index contributed by atoms with van der Waals surface area (Å²) in [4.78, 5) is 14.2. The van der Waals surface area contributed by atoms with Crippen molar-refractivity contribution < 1.29 is 18.0 Å². The van der Waals surface area contributed by atoms with E-state index in [9.17, 15) is 18.0 Å². The molecule has 1 aliphatic rings. The van der Waals surface area contributed by atoms with Crippen molar-refractivity contribution >= 4 is 28.7 Å². The number of alkyl halides is 3. The Kier molecular flexibility index (Phi) is 4.30. The molecule has 2 aromatic rings. The van der Waals surface area contributed by atoms with Crippen LogP contribution in [0.3, 0.4) is 0 Å². The average Bonchev–Trinajstić information content (AvgIpc) is 2.95. The molecule has 0 atom stereocenters. The van der Waals surface area contributed by atoms with Crippen molar-refractivity contribution in [3.8, 4) is 0 Å². The summed E-state index contributed by atoms with van der Waals surface area (Å²) < 4.78 is 38.3. The van der Waals surface area contributed by atoms with Crippen LogP contribution >= 0.6 is 11.3 Å². The van der Waals surface area contributed by atoms with E-state index in [0.717, 1.165) is 37.1 Å². The molecule has 7 heteroatoms. The molecule has 0 radical (unpaired) electrons. The first kappa shape index (κ1) is 15.9. The summed E-state index contributed by atoms with van der Waals surface area (Å²) in [6.07, 6.45) is -1.55. The predicted octanol–water partition coefficient (Wildman–Crippen LogP) is 5.36. The van der Waals surface area contributed by atoms with Crippen LogP contribution in [0, 0.1) is 0 Å². The van der Waals surface area contributed by atoms with Crippen molar-refractivity contribution in [3.63, 3.8) is 0 Å². The van der Waals surface area contributed by atoms with Crippen molar-refractivity contribution in [2.75, 3.05) is 10.2 Å². The van der Waals surface area contributed by atoms with Gasteiger partial charge in [0, 0.05) is 17.1 Å². The second-order valence-corrected chi connectivity index (χ2v) is 6.23. The zero-order valence-electron chi connectivity index (χ0n) is 12.1. The highest BCUT2D eigenvalue weighted by molar-refractivity contribution is 7.08. The van der Waals surface area contributed by atoms with Crippen LogP contribution in [0.1, 0.15) is 24.8 Å². The maximum atomic E-state index is 12.8. The number of hydrogen-bond donors (Lipinski definition) is 1. The third kappa shape index (κ3) is 3.50. The van der Waals surface area contributed by atoms with Gasteiger partial charge in [0.15, 0.2) is 0 Å². The van der Waals surface area contributed by atoms with Gasteiger partial charge in [-0.05, 0) is 48.9 Å². The zero-order chi connectivity index (χ0) is 16.4.